The van der Waals surface area contributed by atoms with Crippen LogP contribution in [-0.4, -0.2) is 41.2 Å². The van der Waals surface area contributed by atoms with Gasteiger partial charge in [0.1, 0.15) is 6.04 Å². The number of carbonyl (C=O) groups excluding carboxylic acids is 3. The van der Waals surface area contributed by atoms with Crippen molar-refractivity contribution in [1.29, 1.82) is 0 Å². The van der Waals surface area contributed by atoms with Crippen LogP contribution >= 0.6 is 0 Å². The average Bonchev–Trinajstić information content (AvgIpc) is 3.16. The molecule has 2 fully saturated rings. The second-order valence-electron chi connectivity index (χ2n) is 9.46. The first-order chi connectivity index (χ1) is 16.1. The van der Waals surface area contributed by atoms with Crippen LogP contribution in [0, 0.1) is 0 Å². The van der Waals surface area contributed by atoms with Gasteiger partial charge in [0.2, 0.25) is 5.91 Å². The third-order valence-electron chi connectivity index (χ3n) is 7.24. The Kier molecular flexibility index (Phi) is 6.16. The van der Waals surface area contributed by atoms with Gasteiger partial charge in [0, 0.05) is 18.2 Å². The number of anilines is 1. The van der Waals surface area contributed by atoms with Gasteiger partial charge in [-0.25, -0.2) is 0 Å². The zero-order valence-corrected chi connectivity index (χ0v) is 19.0. The van der Waals surface area contributed by atoms with E-state index in [1.54, 1.807) is 15.9 Å². The molecule has 2 aliphatic heterocycles. The maximum atomic E-state index is 13.4. The van der Waals surface area contributed by atoms with E-state index in [-0.39, 0.29) is 23.8 Å². The molecule has 1 saturated carbocycles. The molecule has 6 heteroatoms. The highest BCUT2D eigenvalue weighted by Gasteiger charge is 2.41. The van der Waals surface area contributed by atoms with Crippen molar-refractivity contribution in [3.63, 3.8) is 0 Å². The molecule has 0 aromatic heterocycles. The van der Waals surface area contributed by atoms with Crippen LogP contribution in [0.4, 0.5) is 5.69 Å². The average molecular weight is 446 g/mol. The molecule has 1 saturated heterocycles. The van der Waals surface area contributed by atoms with Crippen molar-refractivity contribution in [2.24, 2.45) is 0 Å². The lowest BCUT2D eigenvalue weighted by Gasteiger charge is -2.26. The summed E-state index contributed by atoms with van der Waals surface area (Å²) in [5.74, 6) is -0.118. The third kappa shape index (κ3) is 4.39. The second kappa shape index (κ2) is 9.38. The number of hydrogen-bond donors (Lipinski definition) is 1. The molecule has 6 nitrogen and oxygen atoms in total. The minimum Gasteiger partial charge on any atom is -0.349 e. The van der Waals surface area contributed by atoms with E-state index in [1.807, 2.05) is 42.5 Å². The summed E-state index contributed by atoms with van der Waals surface area (Å²) in [5.41, 5.74) is 2.82. The molecule has 5 rings (SSSR count). The van der Waals surface area contributed by atoms with Gasteiger partial charge in [0.15, 0.2) is 0 Å². The number of rotatable bonds is 4. The standard InChI is InChI=1S/C27H31N3O3/c31-25(28-21-8-3-1-2-4-9-21)20-15-13-19(14-16-20)18-30-23-11-6-5-10-22(23)26(32)29-17-7-12-24(29)27(30)33/h5-6,10-11,13-16,21,24H,1-4,7-9,12,17-18H2,(H,28,31). The van der Waals surface area contributed by atoms with E-state index < -0.39 is 6.04 Å². The molecule has 2 aromatic carbocycles. The summed E-state index contributed by atoms with van der Waals surface area (Å²) in [7, 11) is 0. The number of carbonyl (C=O) groups is 3. The maximum absolute atomic E-state index is 13.4. The van der Waals surface area contributed by atoms with Crippen LogP contribution in [0.3, 0.4) is 0 Å². The highest BCUT2D eigenvalue weighted by molar-refractivity contribution is 6.11. The van der Waals surface area contributed by atoms with Gasteiger partial charge in [-0.15, -0.1) is 0 Å². The summed E-state index contributed by atoms with van der Waals surface area (Å²) < 4.78 is 0. The lowest BCUT2D eigenvalue weighted by molar-refractivity contribution is -0.122. The Bertz CT molecular complexity index is 1040. The van der Waals surface area contributed by atoms with Gasteiger partial charge in [-0.3, -0.25) is 14.4 Å². The number of nitrogens with zero attached hydrogens (tertiary/aromatic N) is 2. The summed E-state index contributed by atoms with van der Waals surface area (Å²) in [4.78, 5) is 42.7. The van der Waals surface area contributed by atoms with E-state index in [4.69, 9.17) is 0 Å². The number of amides is 3. The molecule has 1 aliphatic carbocycles. The first-order valence-electron chi connectivity index (χ1n) is 12.2. The van der Waals surface area contributed by atoms with E-state index in [1.165, 1.54) is 25.7 Å². The summed E-state index contributed by atoms with van der Waals surface area (Å²) in [6, 6.07) is 14.7. The molecule has 172 valence electrons. The number of nitrogens with one attached hydrogen (secondary N) is 1. The van der Waals surface area contributed by atoms with Crippen molar-refractivity contribution in [3.8, 4) is 0 Å². The molecule has 2 heterocycles. The van der Waals surface area contributed by atoms with Crippen molar-refractivity contribution < 1.29 is 14.4 Å². The number of benzene rings is 2. The van der Waals surface area contributed by atoms with Crippen LogP contribution in [0.15, 0.2) is 48.5 Å². The molecule has 3 aliphatic rings. The van der Waals surface area contributed by atoms with Gasteiger partial charge < -0.3 is 15.1 Å². The quantitative estimate of drug-likeness (QED) is 0.714. The Morgan fingerprint density at radius 2 is 1.61 bits per heavy atom. The smallest absolute Gasteiger partial charge is 0.256 e. The lowest BCUT2D eigenvalue weighted by atomic mass is 10.1. The van der Waals surface area contributed by atoms with Crippen molar-refractivity contribution in [2.75, 3.05) is 11.4 Å². The van der Waals surface area contributed by atoms with Crippen LogP contribution < -0.4 is 10.2 Å². The lowest BCUT2D eigenvalue weighted by Crippen LogP contribution is -2.44. The fourth-order valence-corrected chi connectivity index (χ4v) is 5.41. The summed E-state index contributed by atoms with van der Waals surface area (Å²) >= 11 is 0. The number of hydrogen-bond acceptors (Lipinski definition) is 3. The number of para-hydroxylation sites is 1. The predicted molar refractivity (Wildman–Crippen MR) is 127 cm³/mol. The third-order valence-corrected chi connectivity index (χ3v) is 7.24. The second-order valence-corrected chi connectivity index (χ2v) is 9.46. The highest BCUT2D eigenvalue weighted by atomic mass is 16.2. The van der Waals surface area contributed by atoms with Crippen LogP contribution in [0.1, 0.15) is 77.6 Å². The Morgan fingerprint density at radius 3 is 2.36 bits per heavy atom. The summed E-state index contributed by atoms with van der Waals surface area (Å²) in [6.45, 7) is 1.00. The van der Waals surface area contributed by atoms with E-state index in [0.717, 1.165) is 24.8 Å². The van der Waals surface area contributed by atoms with Crippen LogP contribution in [-0.2, 0) is 11.3 Å². The number of fused-ring (bicyclic) bond motifs is 2. The van der Waals surface area contributed by atoms with Crippen molar-refractivity contribution >= 4 is 23.4 Å². The van der Waals surface area contributed by atoms with E-state index in [0.29, 0.717) is 36.3 Å². The van der Waals surface area contributed by atoms with E-state index >= 15 is 0 Å². The van der Waals surface area contributed by atoms with Gasteiger partial charge in [-0.2, -0.15) is 0 Å². The molecular weight excluding hydrogens is 414 g/mol. The Balaban J connectivity index is 1.34. The van der Waals surface area contributed by atoms with Gasteiger partial charge in [0.05, 0.1) is 17.8 Å². The van der Waals surface area contributed by atoms with E-state index in [2.05, 4.69) is 5.32 Å². The monoisotopic (exact) mass is 445 g/mol. The molecular formula is C27H31N3O3. The minimum atomic E-state index is -0.394. The molecule has 1 N–H and O–H groups in total. The van der Waals surface area contributed by atoms with E-state index in [9.17, 15) is 14.4 Å². The first-order valence-corrected chi connectivity index (χ1v) is 12.2. The summed E-state index contributed by atoms with van der Waals surface area (Å²) in [6.07, 6.45) is 8.52. The predicted octanol–water partition coefficient (Wildman–Crippen LogP) is 4.29. The van der Waals surface area contributed by atoms with Gasteiger partial charge >= 0.3 is 0 Å². The first kappa shape index (κ1) is 21.7. The highest BCUT2D eigenvalue weighted by Crippen LogP contribution is 2.33. The Morgan fingerprint density at radius 1 is 0.879 bits per heavy atom. The molecule has 2 aromatic rings. The Hall–Kier alpha value is -3.15. The van der Waals surface area contributed by atoms with Crippen molar-refractivity contribution in [3.05, 3.63) is 65.2 Å². The van der Waals surface area contributed by atoms with Gasteiger partial charge in [-0.1, -0.05) is 49.9 Å². The van der Waals surface area contributed by atoms with Crippen molar-refractivity contribution in [1.82, 2.24) is 10.2 Å². The molecule has 0 bridgehead atoms. The minimum absolute atomic E-state index is 0.0269. The molecule has 33 heavy (non-hydrogen) atoms. The molecule has 0 spiro atoms. The van der Waals surface area contributed by atoms with Crippen LogP contribution in [0.25, 0.3) is 0 Å². The maximum Gasteiger partial charge on any atom is 0.256 e. The zero-order chi connectivity index (χ0) is 22.8. The van der Waals surface area contributed by atoms with Crippen LogP contribution in [0.5, 0.6) is 0 Å². The van der Waals surface area contributed by atoms with Gasteiger partial charge in [0.25, 0.3) is 11.8 Å². The van der Waals surface area contributed by atoms with Crippen molar-refractivity contribution in [2.45, 2.75) is 70.0 Å². The fraction of sp³-hybridized carbons (Fsp3) is 0.444. The molecule has 1 unspecified atom stereocenters. The van der Waals surface area contributed by atoms with Crippen LogP contribution in [0.2, 0.25) is 0 Å². The topological polar surface area (TPSA) is 69.7 Å². The summed E-state index contributed by atoms with van der Waals surface area (Å²) in [5, 5.41) is 3.19. The van der Waals surface area contributed by atoms with Gasteiger partial charge in [-0.05, 0) is 55.5 Å². The SMILES string of the molecule is O=C(NC1CCCCCC1)c1ccc(CN2C(=O)C3CCCN3C(=O)c3ccccc32)cc1. The zero-order valence-electron chi connectivity index (χ0n) is 19.0. The molecule has 0 radical (unpaired) electrons. The fourth-order valence-electron chi connectivity index (χ4n) is 5.41. The Labute approximate surface area is 194 Å². The largest absolute Gasteiger partial charge is 0.349 e. The molecule has 1 atom stereocenters. The normalized spacial score (nSPS) is 21.3. The molecule has 3 amide bonds.